The van der Waals surface area contributed by atoms with Crippen LogP contribution >= 0.6 is 0 Å². The number of aliphatic hydroxyl groups is 2. The van der Waals surface area contributed by atoms with Crippen molar-refractivity contribution in [3.63, 3.8) is 0 Å². The van der Waals surface area contributed by atoms with Crippen LogP contribution in [-0.4, -0.2) is 102 Å². The number of aliphatic hydroxyl groups excluding tert-OH is 1. The summed E-state index contributed by atoms with van der Waals surface area (Å²) in [6.45, 7) is 4.52. The Balaban J connectivity index is 0.757. The van der Waals surface area contributed by atoms with Crippen LogP contribution in [0.1, 0.15) is 109 Å². The highest BCUT2D eigenvalue weighted by Crippen LogP contribution is 2.67. The molecule has 1 aromatic heterocycles. The number of nitrogens with zero attached hydrogens (tertiary/aromatic N) is 2. The van der Waals surface area contributed by atoms with Gasteiger partial charge < -0.3 is 43.9 Å². The molecule has 9 atom stereocenters. The number of hydrogen-bond acceptors (Lipinski definition) is 14. The summed E-state index contributed by atoms with van der Waals surface area (Å²) in [5.41, 5.74) is -2.68. The molecule has 5 unspecified atom stereocenters. The van der Waals surface area contributed by atoms with Crippen molar-refractivity contribution in [3.8, 4) is 5.75 Å². The molecular formula is C51H56FN3O12. The number of rotatable bonds is 11. The number of hydrogen-bond donors (Lipinski definition) is 3. The van der Waals surface area contributed by atoms with Gasteiger partial charge >= 0.3 is 17.9 Å². The summed E-state index contributed by atoms with van der Waals surface area (Å²) < 4.78 is 39.5. The van der Waals surface area contributed by atoms with Gasteiger partial charge in [-0.25, -0.2) is 18.8 Å². The lowest BCUT2D eigenvalue weighted by molar-refractivity contribution is -0.178. The van der Waals surface area contributed by atoms with Crippen LogP contribution in [0.3, 0.4) is 0 Å². The first-order chi connectivity index (χ1) is 32.1. The number of aromatic nitrogens is 1. The maximum absolute atomic E-state index is 16.1. The Kier molecular flexibility index (Phi) is 11.3. The van der Waals surface area contributed by atoms with E-state index in [0.717, 1.165) is 50.3 Å². The summed E-state index contributed by atoms with van der Waals surface area (Å²) in [5.74, 6) is -3.79. The maximum atomic E-state index is 16.1. The molecule has 6 fully saturated rings. The number of benzene rings is 2. The summed E-state index contributed by atoms with van der Waals surface area (Å²) in [5, 5.41) is 27.2. The van der Waals surface area contributed by atoms with Gasteiger partial charge in [0.15, 0.2) is 24.0 Å². The van der Waals surface area contributed by atoms with Gasteiger partial charge in [0.2, 0.25) is 18.0 Å². The first-order valence-electron chi connectivity index (χ1n) is 23.5. The third-order valence-electron chi connectivity index (χ3n) is 16.7. The van der Waals surface area contributed by atoms with Gasteiger partial charge in [0.25, 0.3) is 0 Å². The average molecular weight is 922 g/mol. The van der Waals surface area contributed by atoms with Crippen LogP contribution < -0.4 is 20.4 Å². The molecule has 354 valence electrons. The molecule has 2 aliphatic heterocycles. The molecule has 4 saturated carbocycles. The topological polar surface area (TPSA) is 200 Å². The molecule has 0 radical (unpaired) electrons. The van der Waals surface area contributed by atoms with E-state index in [1.54, 1.807) is 16.7 Å². The number of pyridine rings is 1. The third kappa shape index (κ3) is 7.41. The van der Waals surface area contributed by atoms with Crippen LogP contribution in [0.4, 0.5) is 10.1 Å². The zero-order valence-corrected chi connectivity index (χ0v) is 37.9. The zero-order valence-electron chi connectivity index (χ0n) is 37.9. The number of fused-ring (bicyclic) bond motifs is 7. The Morgan fingerprint density at radius 3 is 2.36 bits per heavy atom. The third-order valence-corrected chi connectivity index (χ3v) is 16.7. The molecule has 2 saturated heterocycles. The van der Waals surface area contributed by atoms with Crippen molar-refractivity contribution >= 4 is 46.1 Å². The van der Waals surface area contributed by atoms with E-state index in [4.69, 9.17) is 18.9 Å². The smallest absolute Gasteiger partial charge is 0.346 e. The molecule has 7 aliphatic rings. The minimum absolute atomic E-state index is 0.000210. The fraction of sp³-hybridized carbons (Fsp3) is 0.529. The predicted molar refractivity (Wildman–Crippen MR) is 240 cm³/mol. The van der Waals surface area contributed by atoms with Crippen molar-refractivity contribution in [3.05, 3.63) is 93.1 Å². The van der Waals surface area contributed by atoms with Crippen molar-refractivity contribution in [2.45, 2.75) is 95.4 Å². The fourth-order valence-electron chi connectivity index (χ4n) is 13.1. The van der Waals surface area contributed by atoms with Gasteiger partial charge in [-0.1, -0.05) is 25.5 Å². The van der Waals surface area contributed by atoms with E-state index >= 15 is 4.39 Å². The summed E-state index contributed by atoms with van der Waals surface area (Å²) in [7, 11) is 1.44. The monoisotopic (exact) mass is 921 g/mol. The molecule has 3 N–H and O–H groups in total. The molecule has 10 rings (SSSR count). The Labute approximate surface area is 386 Å². The van der Waals surface area contributed by atoms with E-state index < -0.39 is 70.9 Å². The number of carbonyl (C=O) groups is 5. The molecule has 5 aliphatic carbocycles. The lowest BCUT2D eigenvalue weighted by atomic mass is 9.46. The molecule has 15 nitrogen and oxygen atoms in total. The highest BCUT2D eigenvalue weighted by atomic mass is 19.1. The lowest BCUT2D eigenvalue weighted by Crippen LogP contribution is -2.61. The van der Waals surface area contributed by atoms with Gasteiger partial charge in [-0.3, -0.25) is 14.4 Å². The maximum Gasteiger partial charge on any atom is 0.346 e. The molecular weight excluding hydrogens is 866 g/mol. The van der Waals surface area contributed by atoms with Crippen molar-refractivity contribution in [1.82, 2.24) is 9.88 Å². The number of anilines is 1. The number of Topliss-reactive ketones (excluding diaryl/α,β-unsaturated/α-hetero) is 1. The summed E-state index contributed by atoms with van der Waals surface area (Å²) >= 11 is 0. The number of carbonyl (C=O) groups excluding carboxylic acids is 5. The molecule has 0 bridgehead atoms. The normalized spacial score (nSPS) is 31.8. The minimum atomic E-state index is -1.84. The first kappa shape index (κ1) is 45.1. The van der Waals surface area contributed by atoms with Crippen LogP contribution in [0.5, 0.6) is 5.75 Å². The lowest BCUT2D eigenvalue weighted by Gasteiger charge is -2.59. The van der Waals surface area contributed by atoms with Crippen molar-refractivity contribution in [2.24, 2.45) is 34.5 Å². The van der Waals surface area contributed by atoms with E-state index in [1.165, 1.54) is 37.6 Å². The number of nitrogens with one attached hydrogen (secondary N) is 1. The van der Waals surface area contributed by atoms with Crippen LogP contribution in [0.15, 0.2) is 65.1 Å². The number of methoxy groups -OCH3 is 1. The summed E-state index contributed by atoms with van der Waals surface area (Å²) in [6.07, 6.45) is 11.7. The second-order valence-electron chi connectivity index (χ2n) is 20.2. The zero-order chi connectivity index (χ0) is 47.2. The highest BCUT2D eigenvalue weighted by molar-refractivity contribution is 6.01. The Morgan fingerprint density at radius 1 is 0.940 bits per heavy atom. The second kappa shape index (κ2) is 16.8. The quantitative estimate of drug-likeness (QED) is 0.164. The van der Waals surface area contributed by atoms with E-state index in [2.05, 4.69) is 12.2 Å². The number of allylic oxidation sites excluding steroid dienone is 4. The standard InChI is InChI=1S/C51H56FN3O12/c1-49-16-14-32(56)19-30(49)10-13-33-36-15-17-51(63,50(36,2)21-39(57)41(33)49)40(58)25-65-46(60)27-6-8-28(9-7-27)47(61)66-26-67-48(62)35-23-55(31-11-12-31)42-34(44(35)59)20-37(52)43(45(42)64-3)54-22-29-5-4-18-53-38(29)24-54/h6-9,14,16,19-20,23,29,31,33,36,38-39,41,53,57,63H,4-5,10-13,15,17-18,21-22,24-26H2,1-3H3/t29?,33?,36?,38?,39-,41?,49-,50-,51-/m0/s1. The SMILES string of the molecule is COc1c(N2CC3CCCNC3C2)c(F)cc2c(=O)c(C(=O)OCOC(=O)c3ccc(C(=O)OCC(=O)[C@@]4(O)CCC5C6CCC7=CC(=O)C=C[C@]7(C)C6[C@@H](O)C[C@@]54C)cc3)cn(C3CC3)c12. The number of piperidine rings is 1. The van der Waals surface area contributed by atoms with E-state index in [1.807, 2.05) is 17.9 Å². The summed E-state index contributed by atoms with van der Waals surface area (Å²) in [6, 6.07) is 6.54. The van der Waals surface area contributed by atoms with Crippen LogP contribution in [0.2, 0.25) is 0 Å². The highest BCUT2D eigenvalue weighted by Gasteiger charge is 2.68. The van der Waals surface area contributed by atoms with Crippen LogP contribution in [0.25, 0.3) is 10.9 Å². The van der Waals surface area contributed by atoms with Crippen molar-refractivity contribution in [2.75, 3.05) is 45.0 Å². The molecule has 0 amide bonds. The number of ketones is 2. The van der Waals surface area contributed by atoms with E-state index in [-0.39, 0.29) is 82.0 Å². The number of ether oxygens (including phenoxy) is 4. The molecule has 3 aromatic rings. The Bertz CT molecular complexity index is 2700. The van der Waals surface area contributed by atoms with Gasteiger partial charge in [0, 0.05) is 48.1 Å². The van der Waals surface area contributed by atoms with Gasteiger partial charge in [-0.15, -0.1) is 0 Å². The molecule has 3 heterocycles. The van der Waals surface area contributed by atoms with Gasteiger partial charge in [0.05, 0.1) is 35.2 Å². The Morgan fingerprint density at radius 2 is 1.66 bits per heavy atom. The molecule has 0 spiro atoms. The van der Waals surface area contributed by atoms with Crippen molar-refractivity contribution in [1.29, 1.82) is 0 Å². The van der Waals surface area contributed by atoms with Crippen molar-refractivity contribution < 1.29 is 57.5 Å². The molecule has 67 heavy (non-hydrogen) atoms. The molecule has 16 heteroatoms. The Hall–Kier alpha value is -5.71. The predicted octanol–water partition coefficient (Wildman–Crippen LogP) is 5.38. The second-order valence-corrected chi connectivity index (χ2v) is 20.2. The molecule has 2 aromatic carbocycles. The minimum Gasteiger partial charge on any atom is -0.492 e. The fourth-order valence-corrected chi connectivity index (χ4v) is 13.1. The van der Waals surface area contributed by atoms with Gasteiger partial charge in [-0.05, 0) is 125 Å². The number of halogens is 1. The van der Waals surface area contributed by atoms with Gasteiger partial charge in [-0.2, -0.15) is 0 Å². The number of esters is 3. The summed E-state index contributed by atoms with van der Waals surface area (Å²) in [4.78, 5) is 81.2. The van der Waals surface area contributed by atoms with Crippen LogP contribution in [-0.2, 0) is 23.8 Å². The van der Waals surface area contributed by atoms with E-state index in [0.29, 0.717) is 37.4 Å². The van der Waals surface area contributed by atoms with Crippen LogP contribution in [0, 0.1) is 40.3 Å². The average Bonchev–Trinajstić information content (AvgIpc) is 4.01. The van der Waals surface area contributed by atoms with Gasteiger partial charge in [0.1, 0.15) is 16.9 Å². The van der Waals surface area contributed by atoms with E-state index in [9.17, 15) is 39.0 Å². The largest absolute Gasteiger partial charge is 0.492 e. The first-order valence-corrected chi connectivity index (χ1v) is 23.5.